The number of nitrogens with zero attached hydrogens (tertiary/aromatic N) is 1. The number of rotatable bonds is 4. The Morgan fingerprint density at radius 2 is 1.67 bits per heavy atom. The Bertz CT molecular complexity index is 747. The van der Waals surface area contributed by atoms with E-state index in [-0.39, 0.29) is 10.6 Å². The molecule has 112 valence electrons. The molecule has 0 aliphatic heterocycles. The second-order valence-corrected chi connectivity index (χ2v) is 7.13. The fraction of sp³-hybridized carbons (Fsp3) is 0.200. The van der Waals surface area contributed by atoms with Crippen LogP contribution in [-0.2, 0) is 10.0 Å². The maximum Gasteiger partial charge on any atom is 0.245 e. The molecule has 1 unspecified atom stereocenters. The van der Waals surface area contributed by atoms with Crippen LogP contribution in [0, 0.1) is 0 Å². The number of nitrogens with two attached hydrogens (primary N) is 1. The summed E-state index contributed by atoms with van der Waals surface area (Å²) < 4.78 is 26.6. The maximum absolute atomic E-state index is 12.7. The molecule has 2 N–H and O–H groups in total. The predicted octanol–water partition coefficient (Wildman–Crippen LogP) is 3.30. The van der Waals surface area contributed by atoms with Gasteiger partial charge >= 0.3 is 0 Å². The molecule has 2 aromatic rings. The summed E-state index contributed by atoms with van der Waals surface area (Å²) in [7, 11) is -2.16. The molecule has 0 aromatic heterocycles. The van der Waals surface area contributed by atoms with Crippen molar-refractivity contribution in [3.63, 3.8) is 0 Å². The summed E-state index contributed by atoms with van der Waals surface area (Å²) in [6, 6.07) is 13.2. The van der Waals surface area contributed by atoms with Crippen LogP contribution in [0.4, 0.5) is 5.69 Å². The van der Waals surface area contributed by atoms with Gasteiger partial charge in [-0.05, 0) is 30.7 Å². The van der Waals surface area contributed by atoms with E-state index in [2.05, 4.69) is 0 Å². The number of para-hydroxylation sites is 1. The fourth-order valence-electron chi connectivity index (χ4n) is 2.09. The van der Waals surface area contributed by atoms with Crippen LogP contribution in [0.1, 0.15) is 18.5 Å². The first-order chi connectivity index (χ1) is 9.85. The second kappa shape index (κ2) is 6.05. The standard InChI is InChI=1S/C15H17ClN2O2S/c1-11(12-7-3-4-8-13(12)16)18(2)21(19,20)15-10-6-5-9-14(15)17/h3-11H,17H2,1-2H3. The van der Waals surface area contributed by atoms with Crippen LogP contribution in [0.15, 0.2) is 53.4 Å². The molecule has 0 amide bonds. The summed E-state index contributed by atoms with van der Waals surface area (Å²) in [5.41, 5.74) is 6.76. The van der Waals surface area contributed by atoms with Crippen molar-refractivity contribution in [1.29, 1.82) is 0 Å². The van der Waals surface area contributed by atoms with Gasteiger partial charge in [0.25, 0.3) is 0 Å². The van der Waals surface area contributed by atoms with Gasteiger partial charge in [0.15, 0.2) is 0 Å². The average molecular weight is 325 g/mol. The van der Waals surface area contributed by atoms with Gasteiger partial charge in [-0.25, -0.2) is 8.42 Å². The lowest BCUT2D eigenvalue weighted by Crippen LogP contribution is -2.30. The molecule has 21 heavy (non-hydrogen) atoms. The highest BCUT2D eigenvalue weighted by atomic mass is 35.5. The predicted molar refractivity (Wildman–Crippen MR) is 85.7 cm³/mol. The zero-order chi connectivity index (χ0) is 15.6. The molecule has 2 aromatic carbocycles. The van der Waals surface area contributed by atoms with Crippen molar-refractivity contribution in [2.45, 2.75) is 17.9 Å². The Kier molecular flexibility index (Phi) is 4.56. The van der Waals surface area contributed by atoms with E-state index < -0.39 is 16.1 Å². The Morgan fingerprint density at radius 1 is 1.10 bits per heavy atom. The van der Waals surface area contributed by atoms with Gasteiger partial charge in [0.05, 0.1) is 5.69 Å². The SMILES string of the molecule is CC(c1ccccc1Cl)N(C)S(=O)(=O)c1ccccc1N. The molecule has 4 nitrogen and oxygen atoms in total. The lowest BCUT2D eigenvalue weighted by molar-refractivity contribution is 0.399. The molecule has 0 radical (unpaired) electrons. The van der Waals surface area contributed by atoms with Crippen molar-refractivity contribution in [1.82, 2.24) is 4.31 Å². The lowest BCUT2D eigenvalue weighted by Gasteiger charge is -2.25. The van der Waals surface area contributed by atoms with Crippen molar-refractivity contribution < 1.29 is 8.42 Å². The highest BCUT2D eigenvalue weighted by Gasteiger charge is 2.28. The first-order valence-electron chi connectivity index (χ1n) is 6.42. The van der Waals surface area contributed by atoms with Gasteiger partial charge in [-0.15, -0.1) is 0 Å². The first kappa shape index (κ1) is 15.8. The van der Waals surface area contributed by atoms with Crippen molar-refractivity contribution in [2.75, 3.05) is 12.8 Å². The number of hydrogen-bond donors (Lipinski definition) is 1. The van der Waals surface area contributed by atoms with E-state index in [0.29, 0.717) is 5.02 Å². The average Bonchev–Trinajstić information content (AvgIpc) is 2.46. The topological polar surface area (TPSA) is 63.4 Å². The Balaban J connectivity index is 2.42. The van der Waals surface area contributed by atoms with E-state index in [9.17, 15) is 8.42 Å². The van der Waals surface area contributed by atoms with E-state index in [1.165, 1.54) is 17.4 Å². The molecular weight excluding hydrogens is 308 g/mol. The number of benzene rings is 2. The highest BCUT2D eigenvalue weighted by molar-refractivity contribution is 7.89. The number of hydrogen-bond acceptors (Lipinski definition) is 3. The molecule has 0 fully saturated rings. The van der Waals surface area contributed by atoms with Gasteiger partial charge in [0, 0.05) is 18.1 Å². The summed E-state index contributed by atoms with van der Waals surface area (Å²) in [6.07, 6.45) is 0. The lowest BCUT2D eigenvalue weighted by atomic mass is 10.1. The second-order valence-electron chi connectivity index (χ2n) is 4.76. The van der Waals surface area contributed by atoms with Crippen LogP contribution in [0.25, 0.3) is 0 Å². The molecule has 1 atom stereocenters. The normalized spacial score (nSPS) is 13.3. The molecule has 2 rings (SSSR count). The molecule has 0 spiro atoms. The Labute approximate surface area is 130 Å². The van der Waals surface area contributed by atoms with Crippen LogP contribution >= 0.6 is 11.6 Å². The molecule has 0 bridgehead atoms. The summed E-state index contributed by atoms with van der Waals surface area (Å²) in [6.45, 7) is 1.79. The zero-order valence-electron chi connectivity index (χ0n) is 11.8. The number of sulfonamides is 1. The van der Waals surface area contributed by atoms with Crippen molar-refractivity contribution in [3.8, 4) is 0 Å². The van der Waals surface area contributed by atoms with Gasteiger partial charge in [-0.1, -0.05) is 41.9 Å². The zero-order valence-corrected chi connectivity index (χ0v) is 13.4. The van der Waals surface area contributed by atoms with Crippen LogP contribution in [0.3, 0.4) is 0 Å². The van der Waals surface area contributed by atoms with Gasteiger partial charge < -0.3 is 5.73 Å². The number of nitrogen functional groups attached to an aromatic ring is 1. The molecule has 6 heteroatoms. The quantitative estimate of drug-likeness (QED) is 0.878. The third-order valence-corrected chi connectivity index (χ3v) is 5.82. The molecule has 0 aliphatic carbocycles. The summed E-state index contributed by atoms with van der Waals surface area (Å²) in [4.78, 5) is 0.103. The monoisotopic (exact) mass is 324 g/mol. The minimum absolute atomic E-state index is 0.103. The third-order valence-electron chi connectivity index (χ3n) is 3.48. The summed E-state index contributed by atoms with van der Waals surface area (Å²) in [5, 5.41) is 0.535. The smallest absolute Gasteiger partial charge is 0.245 e. The number of halogens is 1. The fourth-order valence-corrected chi connectivity index (χ4v) is 3.84. The molecular formula is C15H17ClN2O2S. The van der Waals surface area contributed by atoms with Crippen LogP contribution in [0.2, 0.25) is 5.02 Å². The highest BCUT2D eigenvalue weighted by Crippen LogP contribution is 2.31. The van der Waals surface area contributed by atoms with Gasteiger partial charge in [0.2, 0.25) is 10.0 Å². The van der Waals surface area contributed by atoms with Crippen molar-refractivity contribution in [3.05, 3.63) is 59.1 Å². The largest absolute Gasteiger partial charge is 0.398 e. The van der Waals surface area contributed by atoms with Gasteiger partial charge in [-0.3, -0.25) is 0 Å². The summed E-state index contributed by atoms with van der Waals surface area (Å²) >= 11 is 6.14. The number of anilines is 1. The molecule has 0 aliphatic rings. The minimum atomic E-state index is -3.68. The van der Waals surface area contributed by atoms with Crippen LogP contribution in [0.5, 0.6) is 0 Å². The van der Waals surface area contributed by atoms with E-state index in [0.717, 1.165) is 5.56 Å². The Morgan fingerprint density at radius 3 is 2.29 bits per heavy atom. The molecule has 0 heterocycles. The Hall–Kier alpha value is -1.56. The van der Waals surface area contributed by atoms with E-state index in [1.54, 1.807) is 31.2 Å². The minimum Gasteiger partial charge on any atom is -0.398 e. The van der Waals surface area contributed by atoms with Gasteiger partial charge in [-0.2, -0.15) is 4.31 Å². The van der Waals surface area contributed by atoms with E-state index in [1.807, 2.05) is 18.2 Å². The third kappa shape index (κ3) is 3.05. The molecule has 0 saturated carbocycles. The maximum atomic E-state index is 12.7. The summed E-state index contributed by atoms with van der Waals surface area (Å²) in [5.74, 6) is 0. The van der Waals surface area contributed by atoms with Gasteiger partial charge in [0.1, 0.15) is 4.90 Å². The van der Waals surface area contributed by atoms with Crippen LogP contribution in [-0.4, -0.2) is 19.8 Å². The van der Waals surface area contributed by atoms with E-state index in [4.69, 9.17) is 17.3 Å². The van der Waals surface area contributed by atoms with Crippen LogP contribution < -0.4 is 5.73 Å². The van der Waals surface area contributed by atoms with E-state index >= 15 is 0 Å². The first-order valence-corrected chi connectivity index (χ1v) is 8.24. The van der Waals surface area contributed by atoms with Crippen molar-refractivity contribution >= 4 is 27.3 Å². The van der Waals surface area contributed by atoms with Crippen molar-refractivity contribution in [2.24, 2.45) is 0 Å². The molecule has 0 saturated heterocycles.